The first-order valence-corrected chi connectivity index (χ1v) is 10.5. The van der Waals surface area contributed by atoms with E-state index in [1.165, 1.54) is 18.9 Å². The first-order chi connectivity index (χ1) is 12.9. The molecule has 1 spiro atoms. The van der Waals surface area contributed by atoms with Crippen molar-refractivity contribution in [3.63, 3.8) is 0 Å². The van der Waals surface area contributed by atoms with E-state index in [1.54, 1.807) is 12.1 Å². The number of benzene rings is 1. The van der Waals surface area contributed by atoms with Gasteiger partial charge in [-0.1, -0.05) is 6.07 Å². The Morgan fingerprint density at radius 3 is 2.67 bits per heavy atom. The summed E-state index contributed by atoms with van der Waals surface area (Å²) in [5, 5.41) is 0. The van der Waals surface area contributed by atoms with Crippen molar-refractivity contribution in [2.45, 2.75) is 63.5 Å². The summed E-state index contributed by atoms with van der Waals surface area (Å²) in [4.78, 5) is 20.0. The molecule has 3 fully saturated rings. The summed E-state index contributed by atoms with van der Waals surface area (Å²) in [6.07, 6.45) is 6.23. The molecule has 5 heteroatoms. The standard InChI is InChI=1S/C22H32FN3O/c1-21(2)16-22(17-26(21)19-8-5-7-18(23)15-19)10-6-13-25(22)20(27)9-14-24-11-3-4-12-24/h5,7-8,15H,3-4,6,9-14,16-17H2,1-2H3. The maximum absolute atomic E-state index is 13.8. The van der Waals surface area contributed by atoms with Crippen molar-refractivity contribution < 1.29 is 9.18 Å². The van der Waals surface area contributed by atoms with Crippen molar-refractivity contribution in [2.24, 2.45) is 0 Å². The summed E-state index contributed by atoms with van der Waals surface area (Å²) in [6, 6.07) is 6.87. The van der Waals surface area contributed by atoms with E-state index >= 15 is 0 Å². The molecule has 3 saturated heterocycles. The van der Waals surface area contributed by atoms with Crippen LogP contribution in [0.1, 0.15) is 52.4 Å². The molecule has 0 N–H and O–H groups in total. The molecule has 0 bridgehead atoms. The van der Waals surface area contributed by atoms with E-state index in [0.29, 0.717) is 12.3 Å². The normalized spacial score (nSPS) is 27.8. The van der Waals surface area contributed by atoms with E-state index in [0.717, 1.165) is 57.7 Å². The van der Waals surface area contributed by atoms with Gasteiger partial charge in [-0.15, -0.1) is 0 Å². The topological polar surface area (TPSA) is 26.8 Å². The van der Waals surface area contributed by atoms with Gasteiger partial charge in [-0.25, -0.2) is 4.39 Å². The lowest BCUT2D eigenvalue weighted by molar-refractivity contribution is -0.135. The number of carbonyl (C=O) groups is 1. The fraction of sp³-hybridized carbons (Fsp3) is 0.682. The first kappa shape index (κ1) is 18.7. The smallest absolute Gasteiger partial charge is 0.224 e. The number of halogens is 1. The highest BCUT2D eigenvalue weighted by Crippen LogP contribution is 2.47. The Labute approximate surface area is 162 Å². The van der Waals surface area contributed by atoms with E-state index in [-0.39, 0.29) is 16.9 Å². The molecule has 0 aliphatic carbocycles. The molecular weight excluding hydrogens is 341 g/mol. The van der Waals surface area contributed by atoms with E-state index in [4.69, 9.17) is 0 Å². The van der Waals surface area contributed by atoms with Crippen LogP contribution in [0.4, 0.5) is 10.1 Å². The highest BCUT2D eigenvalue weighted by atomic mass is 19.1. The van der Waals surface area contributed by atoms with Gasteiger partial charge in [0.25, 0.3) is 0 Å². The second-order valence-corrected chi connectivity index (χ2v) is 9.23. The minimum atomic E-state index is -0.200. The molecule has 1 aromatic rings. The van der Waals surface area contributed by atoms with Crippen molar-refractivity contribution in [2.75, 3.05) is 37.6 Å². The molecular formula is C22H32FN3O. The van der Waals surface area contributed by atoms with E-state index < -0.39 is 0 Å². The number of hydrogen-bond acceptors (Lipinski definition) is 3. The number of anilines is 1. The molecule has 0 aromatic heterocycles. The monoisotopic (exact) mass is 373 g/mol. The molecule has 1 unspecified atom stereocenters. The van der Waals surface area contributed by atoms with Gasteiger partial charge >= 0.3 is 0 Å². The second-order valence-electron chi connectivity index (χ2n) is 9.23. The molecule has 0 radical (unpaired) electrons. The zero-order valence-electron chi connectivity index (χ0n) is 16.7. The van der Waals surface area contributed by atoms with Crippen LogP contribution >= 0.6 is 0 Å². The van der Waals surface area contributed by atoms with Crippen LogP contribution in [0.15, 0.2) is 24.3 Å². The Kier molecular flexibility index (Phi) is 4.91. The number of nitrogens with zero attached hydrogens (tertiary/aromatic N) is 3. The Morgan fingerprint density at radius 2 is 1.93 bits per heavy atom. The average molecular weight is 374 g/mol. The molecule has 0 saturated carbocycles. The molecule has 1 atom stereocenters. The van der Waals surface area contributed by atoms with Crippen LogP contribution in [0, 0.1) is 5.82 Å². The Bertz CT molecular complexity index is 701. The van der Waals surface area contributed by atoms with Gasteiger partial charge in [-0.05, 0) is 77.2 Å². The number of likely N-dealkylation sites (tertiary alicyclic amines) is 2. The van der Waals surface area contributed by atoms with Gasteiger partial charge in [-0.3, -0.25) is 4.79 Å². The van der Waals surface area contributed by atoms with E-state index in [1.807, 2.05) is 6.07 Å². The van der Waals surface area contributed by atoms with Crippen molar-refractivity contribution in [1.82, 2.24) is 9.80 Å². The van der Waals surface area contributed by atoms with Gasteiger partial charge in [0.2, 0.25) is 5.91 Å². The zero-order valence-corrected chi connectivity index (χ0v) is 16.7. The highest BCUT2D eigenvalue weighted by molar-refractivity contribution is 5.78. The van der Waals surface area contributed by atoms with Crippen molar-refractivity contribution in [3.05, 3.63) is 30.1 Å². The van der Waals surface area contributed by atoms with Gasteiger partial charge < -0.3 is 14.7 Å². The lowest BCUT2D eigenvalue weighted by Gasteiger charge is -2.36. The minimum Gasteiger partial charge on any atom is -0.364 e. The molecule has 4 nitrogen and oxygen atoms in total. The van der Waals surface area contributed by atoms with Crippen LogP contribution in [0.25, 0.3) is 0 Å². The molecule has 148 valence electrons. The van der Waals surface area contributed by atoms with Gasteiger partial charge in [0.1, 0.15) is 5.82 Å². The van der Waals surface area contributed by atoms with Crippen LogP contribution < -0.4 is 4.90 Å². The lowest BCUT2D eigenvalue weighted by Crippen LogP contribution is -2.49. The molecule has 4 rings (SSSR count). The summed E-state index contributed by atoms with van der Waals surface area (Å²) in [7, 11) is 0. The summed E-state index contributed by atoms with van der Waals surface area (Å²) < 4.78 is 13.8. The van der Waals surface area contributed by atoms with Gasteiger partial charge in [0.15, 0.2) is 0 Å². The third kappa shape index (κ3) is 3.58. The molecule has 1 aromatic carbocycles. The third-order valence-electron chi connectivity index (χ3n) is 6.80. The van der Waals surface area contributed by atoms with E-state index in [2.05, 4.69) is 28.5 Å². The van der Waals surface area contributed by atoms with Crippen molar-refractivity contribution in [1.29, 1.82) is 0 Å². The predicted molar refractivity (Wildman–Crippen MR) is 106 cm³/mol. The van der Waals surface area contributed by atoms with Gasteiger partial charge in [0, 0.05) is 37.3 Å². The van der Waals surface area contributed by atoms with Crippen molar-refractivity contribution in [3.8, 4) is 0 Å². The Hall–Kier alpha value is -1.62. The van der Waals surface area contributed by atoms with Gasteiger partial charge in [-0.2, -0.15) is 0 Å². The van der Waals surface area contributed by atoms with E-state index in [9.17, 15) is 9.18 Å². The SMILES string of the molecule is CC1(C)CC2(CCCN2C(=O)CCN2CCCC2)CN1c1cccc(F)c1. The predicted octanol–water partition coefficient (Wildman–Crippen LogP) is 3.66. The van der Waals surface area contributed by atoms with Crippen LogP contribution in [0.2, 0.25) is 0 Å². The molecule has 3 aliphatic rings. The summed E-state index contributed by atoms with van der Waals surface area (Å²) in [6.45, 7) is 9.28. The first-order valence-electron chi connectivity index (χ1n) is 10.5. The summed E-state index contributed by atoms with van der Waals surface area (Å²) >= 11 is 0. The van der Waals surface area contributed by atoms with Crippen LogP contribution in [-0.2, 0) is 4.79 Å². The number of carbonyl (C=O) groups excluding carboxylic acids is 1. The van der Waals surface area contributed by atoms with Crippen LogP contribution in [-0.4, -0.2) is 59.5 Å². The molecule has 1 amide bonds. The molecule has 3 aliphatic heterocycles. The summed E-state index contributed by atoms with van der Waals surface area (Å²) in [5.74, 6) is 0.102. The highest BCUT2D eigenvalue weighted by Gasteiger charge is 2.54. The fourth-order valence-corrected chi connectivity index (χ4v) is 5.62. The lowest BCUT2D eigenvalue weighted by atomic mass is 9.87. The minimum absolute atomic E-state index is 0.0917. The fourth-order valence-electron chi connectivity index (χ4n) is 5.62. The Balaban J connectivity index is 1.50. The maximum Gasteiger partial charge on any atom is 0.224 e. The van der Waals surface area contributed by atoms with Gasteiger partial charge in [0.05, 0.1) is 5.54 Å². The summed E-state index contributed by atoms with van der Waals surface area (Å²) in [5.41, 5.74) is 0.733. The number of amides is 1. The molecule has 27 heavy (non-hydrogen) atoms. The average Bonchev–Trinajstić information content (AvgIpc) is 3.32. The number of hydrogen-bond donors (Lipinski definition) is 0. The zero-order chi connectivity index (χ0) is 19.1. The third-order valence-corrected chi connectivity index (χ3v) is 6.80. The molecule has 3 heterocycles. The van der Waals surface area contributed by atoms with Crippen LogP contribution in [0.5, 0.6) is 0 Å². The largest absolute Gasteiger partial charge is 0.364 e. The quantitative estimate of drug-likeness (QED) is 0.806. The second kappa shape index (κ2) is 7.08. The maximum atomic E-state index is 13.8. The number of rotatable bonds is 4. The Morgan fingerprint density at radius 1 is 1.15 bits per heavy atom. The van der Waals surface area contributed by atoms with Crippen molar-refractivity contribution >= 4 is 11.6 Å². The van der Waals surface area contributed by atoms with Crippen LogP contribution in [0.3, 0.4) is 0 Å².